The predicted molar refractivity (Wildman–Crippen MR) is 198 cm³/mol. The summed E-state index contributed by atoms with van der Waals surface area (Å²) < 4.78 is 4.75. The molecule has 2 aromatic carbocycles. The molecule has 0 saturated carbocycles. The molecule has 6 rings (SSSR count). The number of benzene rings is 2. The van der Waals surface area contributed by atoms with Crippen molar-refractivity contribution in [1.29, 1.82) is 0 Å². The molecule has 4 heterocycles. The molecule has 2 aliphatic rings. The Morgan fingerprint density at radius 2 is 1.09 bits per heavy atom. The summed E-state index contributed by atoms with van der Waals surface area (Å²) in [5, 5.41) is 14.3. The van der Waals surface area contributed by atoms with Gasteiger partial charge < -0.3 is 40.2 Å². The molecular weight excluding hydrogens is 676 g/mol. The Hall–Kier alpha value is -5.66. The van der Waals surface area contributed by atoms with E-state index < -0.39 is 24.3 Å². The van der Waals surface area contributed by atoms with Gasteiger partial charge in [0.2, 0.25) is 11.8 Å². The lowest BCUT2D eigenvalue weighted by Gasteiger charge is -2.30. The van der Waals surface area contributed by atoms with Gasteiger partial charge in [-0.1, -0.05) is 76.2 Å². The highest BCUT2D eigenvalue weighted by atomic mass is 16.5. The summed E-state index contributed by atoms with van der Waals surface area (Å²) >= 11 is 0. The first-order valence-corrected chi connectivity index (χ1v) is 18.2. The fourth-order valence-corrected chi connectivity index (χ4v) is 7.32. The highest BCUT2D eigenvalue weighted by molar-refractivity contribution is 5.87. The monoisotopic (exact) mass is 724 g/mol. The summed E-state index contributed by atoms with van der Waals surface area (Å²) in [7, 11) is 1.29. The summed E-state index contributed by atoms with van der Waals surface area (Å²) in [4.78, 5) is 69.8. The summed E-state index contributed by atoms with van der Waals surface area (Å²) in [6.45, 7) is 8.59. The van der Waals surface area contributed by atoms with E-state index in [1.54, 1.807) is 22.2 Å². The molecule has 0 spiro atoms. The second kappa shape index (κ2) is 15.9. The maximum absolute atomic E-state index is 13.5. The zero-order valence-electron chi connectivity index (χ0n) is 30.8. The van der Waals surface area contributed by atoms with Crippen molar-refractivity contribution in [2.45, 2.75) is 77.5 Å². The molecular formula is C39H48N8O6. The van der Waals surface area contributed by atoms with Crippen LogP contribution in [0, 0.1) is 11.8 Å². The first-order valence-electron chi connectivity index (χ1n) is 18.2. The fraction of sp³-hybridized carbons (Fsp3) is 0.436. The van der Waals surface area contributed by atoms with Crippen LogP contribution < -0.4 is 10.6 Å². The minimum absolute atomic E-state index is 0.107. The fourth-order valence-electron chi connectivity index (χ4n) is 7.32. The van der Waals surface area contributed by atoms with E-state index in [-0.39, 0.29) is 35.7 Å². The number of H-pyrrole nitrogens is 2. The number of ether oxygens (including phenoxy) is 1. The van der Waals surface area contributed by atoms with Gasteiger partial charge in [-0.2, -0.15) is 0 Å². The Kier molecular flexibility index (Phi) is 11.2. The largest absolute Gasteiger partial charge is 0.465 e. The third kappa shape index (κ3) is 8.06. The number of rotatable bonds is 11. The normalized spacial score (nSPS) is 18.3. The van der Waals surface area contributed by atoms with Crippen LogP contribution in [-0.4, -0.2) is 91.1 Å². The maximum Gasteiger partial charge on any atom is 0.407 e. The second-order valence-electron chi connectivity index (χ2n) is 14.4. The summed E-state index contributed by atoms with van der Waals surface area (Å²) in [5.74, 6) is 0.737. The molecule has 0 aliphatic carbocycles. The van der Waals surface area contributed by atoms with Gasteiger partial charge in [-0.15, -0.1) is 0 Å². The molecule has 0 bridgehead atoms. The minimum Gasteiger partial charge on any atom is -0.465 e. The smallest absolute Gasteiger partial charge is 0.407 e. The SMILES string of the molecule is COC(=O)N[C@H](C(=O)N1CCC[C@@H]1c1ncc(-c2ccc(-c3ccc(-c4cnc([C@@H]5CCCN5C(=O)[C@@H](NC(=O)O)C(C)C)[nH]4)cc3)cc2)[nH]1)C(C)C. The van der Waals surface area contributed by atoms with Crippen molar-refractivity contribution in [3.05, 3.63) is 72.6 Å². The van der Waals surface area contributed by atoms with E-state index in [9.17, 15) is 24.3 Å². The van der Waals surface area contributed by atoms with Gasteiger partial charge in [-0.25, -0.2) is 19.6 Å². The third-order valence-electron chi connectivity index (χ3n) is 10.2. The van der Waals surface area contributed by atoms with Gasteiger partial charge in [0.25, 0.3) is 0 Å². The molecule has 0 unspecified atom stereocenters. The van der Waals surface area contributed by atoms with Crippen LogP contribution in [0.5, 0.6) is 0 Å². The van der Waals surface area contributed by atoms with Crippen molar-refractivity contribution >= 4 is 24.0 Å². The number of carbonyl (C=O) groups is 4. The molecule has 4 atom stereocenters. The van der Waals surface area contributed by atoms with Gasteiger partial charge in [0.15, 0.2) is 0 Å². The van der Waals surface area contributed by atoms with E-state index in [1.165, 1.54) is 7.11 Å². The van der Waals surface area contributed by atoms with Gasteiger partial charge in [0.1, 0.15) is 23.7 Å². The maximum atomic E-state index is 13.5. The number of carbonyl (C=O) groups excluding carboxylic acids is 3. The van der Waals surface area contributed by atoms with Crippen LogP contribution in [-0.2, 0) is 14.3 Å². The lowest BCUT2D eigenvalue weighted by molar-refractivity contribution is -0.136. The van der Waals surface area contributed by atoms with E-state index in [0.29, 0.717) is 18.9 Å². The van der Waals surface area contributed by atoms with E-state index in [0.717, 1.165) is 65.1 Å². The Balaban J connectivity index is 1.11. The van der Waals surface area contributed by atoms with Crippen LogP contribution in [0.15, 0.2) is 60.9 Å². The Labute approximate surface area is 308 Å². The van der Waals surface area contributed by atoms with E-state index >= 15 is 0 Å². The van der Waals surface area contributed by atoms with Crippen LogP contribution in [0.1, 0.15) is 77.1 Å². The van der Waals surface area contributed by atoms with Crippen LogP contribution in [0.4, 0.5) is 9.59 Å². The topological polar surface area (TPSA) is 186 Å². The number of aromatic nitrogens is 4. The van der Waals surface area contributed by atoms with Crippen LogP contribution in [0.25, 0.3) is 33.6 Å². The average molecular weight is 725 g/mol. The number of likely N-dealkylation sites (tertiary alicyclic amines) is 2. The Morgan fingerprint density at radius 3 is 1.47 bits per heavy atom. The number of methoxy groups -OCH3 is 1. The van der Waals surface area contributed by atoms with Crippen molar-refractivity contribution in [2.24, 2.45) is 11.8 Å². The van der Waals surface area contributed by atoms with Gasteiger partial charge in [-0.05, 0) is 59.8 Å². The highest BCUT2D eigenvalue weighted by Crippen LogP contribution is 2.35. The van der Waals surface area contributed by atoms with E-state index in [1.807, 2.05) is 52.0 Å². The van der Waals surface area contributed by atoms with Gasteiger partial charge in [0.05, 0.1) is 43.0 Å². The van der Waals surface area contributed by atoms with E-state index in [2.05, 4.69) is 54.8 Å². The number of hydrogen-bond acceptors (Lipinski definition) is 7. The zero-order valence-corrected chi connectivity index (χ0v) is 30.8. The highest BCUT2D eigenvalue weighted by Gasteiger charge is 2.39. The molecule has 2 aromatic heterocycles. The molecule has 14 heteroatoms. The summed E-state index contributed by atoms with van der Waals surface area (Å²) in [6.07, 6.45) is 4.91. The third-order valence-corrected chi connectivity index (χ3v) is 10.2. The molecule has 2 fully saturated rings. The first-order chi connectivity index (χ1) is 25.4. The predicted octanol–water partition coefficient (Wildman–Crippen LogP) is 6.13. The second-order valence-corrected chi connectivity index (χ2v) is 14.4. The molecule has 4 aromatic rings. The Bertz CT molecular complexity index is 1920. The number of amides is 4. The summed E-state index contributed by atoms with van der Waals surface area (Å²) in [6, 6.07) is 14.4. The molecule has 280 valence electrons. The molecule has 0 radical (unpaired) electrons. The average Bonchev–Trinajstić information content (AvgIpc) is 3.98. The van der Waals surface area contributed by atoms with Crippen LogP contribution in [0.3, 0.4) is 0 Å². The zero-order chi connectivity index (χ0) is 37.8. The minimum atomic E-state index is -1.21. The van der Waals surface area contributed by atoms with Crippen molar-refractivity contribution in [2.75, 3.05) is 20.2 Å². The number of hydrogen-bond donors (Lipinski definition) is 5. The summed E-state index contributed by atoms with van der Waals surface area (Å²) in [5.41, 5.74) is 5.70. The lowest BCUT2D eigenvalue weighted by atomic mass is 10.0. The number of nitrogens with zero attached hydrogens (tertiary/aromatic N) is 4. The molecule has 2 aliphatic heterocycles. The van der Waals surface area contributed by atoms with Crippen molar-refractivity contribution in [3.63, 3.8) is 0 Å². The lowest BCUT2D eigenvalue weighted by Crippen LogP contribution is -2.51. The number of alkyl carbamates (subject to hydrolysis) is 1. The molecule has 14 nitrogen and oxygen atoms in total. The van der Waals surface area contributed by atoms with Gasteiger partial charge in [-0.3, -0.25) is 9.59 Å². The molecule has 5 N–H and O–H groups in total. The number of nitrogens with one attached hydrogen (secondary N) is 4. The molecule has 53 heavy (non-hydrogen) atoms. The number of carboxylic acid groups (broad SMARTS) is 1. The quantitative estimate of drug-likeness (QED) is 0.122. The molecule has 4 amide bonds. The van der Waals surface area contributed by atoms with Crippen molar-refractivity contribution in [1.82, 2.24) is 40.4 Å². The van der Waals surface area contributed by atoms with E-state index in [4.69, 9.17) is 4.74 Å². The van der Waals surface area contributed by atoms with Crippen molar-refractivity contribution in [3.8, 4) is 33.6 Å². The van der Waals surface area contributed by atoms with Crippen molar-refractivity contribution < 1.29 is 29.0 Å². The number of aromatic amines is 2. The van der Waals surface area contributed by atoms with Gasteiger partial charge >= 0.3 is 12.2 Å². The standard InChI is InChI=1S/C39H48N8O6/c1-22(2)32(44-38(50)51)36(48)46-18-6-8-30(46)34-40-20-28(42-34)26-14-10-24(11-15-26)25-12-16-27(17-13-25)29-21-41-35(43-29)31-9-7-19-47(31)37(49)33(23(3)4)45-39(52)53-5/h10-17,20-23,30-33,44H,6-9,18-19H2,1-5H3,(H,40,42)(H,41,43)(H,45,52)(H,50,51)/t30-,31+,32-,33-/m0/s1. The number of imidazole rings is 2. The first kappa shape index (κ1) is 37.1. The van der Waals surface area contributed by atoms with Crippen LogP contribution >= 0.6 is 0 Å². The molecule has 2 saturated heterocycles. The Morgan fingerprint density at radius 1 is 0.698 bits per heavy atom. The van der Waals surface area contributed by atoms with Crippen LogP contribution in [0.2, 0.25) is 0 Å². The van der Waals surface area contributed by atoms with Gasteiger partial charge in [0, 0.05) is 13.1 Å².